The Morgan fingerprint density at radius 3 is 2.08 bits per heavy atom. The minimum atomic E-state index is -4.48. The summed E-state index contributed by atoms with van der Waals surface area (Å²) in [6.45, 7) is 2.05. The molecule has 1 aliphatic heterocycles. The van der Waals surface area contributed by atoms with Gasteiger partial charge in [0.15, 0.2) is 5.69 Å². The first kappa shape index (κ1) is 16.7. The molecule has 0 N–H and O–H groups in total. The number of rotatable bonds is 3. The summed E-state index contributed by atoms with van der Waals surface area (Å²) < 4.78 is 41.0. The molecular formula is C20H18F3N3. The number of aromatic nitrogens is 2. The largest absolute Gasteiger partial charge is 0.435 e. The van der Waals surface area contributed by atoms with Crippen molar-refractivity contribution >= 4 is 5.69 Å². The van der Waals surface area contributed by atoms with E-state index in [1.165, 1.54) is 17.5 Å². The van der Waals surface area contributed by atoms with Gasteiger partial charge >= 0.3 is 6.18 Å². The minimum Gasteiger partial charge on any atom is -0.372 e. The highest BCUT2D eigenvalue weighted by molar-refractivity contribution is 5.66. The van der Waals surface area contributed by atoms with Crippen LogP contribution in [0, 0.1) is 0 Å². The molecule has 2 heterocycles. The predicted molar refractivity (Wildman–Crippen MR) is 95.4 cm³/mol. The zero-order valence-electron chi connectivity index (χ0n) is 14.1. The lowest BCUT2D eigenvalue weighted by atomic mass is 10.1. The van der Waals surface area contributed by atoms with Crippen LogP contribution in [0.3, 0.4) is 0 Å². The van der Waals surface area contributed by atoms with Crippen LogP contribution >= 0.6 is 0 Å². The van der Waals surface area contributed by atoms with Crippen LogP contribution in [0.5, 0.6) is 0 Å². The summed E-state index contributed by atoms with van der Waals surface area (Å²) in [5.41, 5.74) is 1.95. The number of para-hydroxylation sites is 1. The molecule has 0 bridgehead atoms. The lowest BCUT2D eigenvalue weighted by Crippen LogP contribution is -2.17. The topological polar surface area (TPSA) is 21.1 Å². The van der Waals surface area contributed by atoms with Crippen LogP contribution in [-0.2, 0) is 6.18 Å². The maximum atomic E-state index is 13.2. The second-order valence-corrected chi connectivity index (χ2v) is 6.40. The number of benzene rings is 2. The van der Waals surface area contributed by atoms with Gasteiger partial charge in [0.25, 0.3) is 0 Å². The number of alkyl halides is 3. The summed E-state index contributed by atoms with van der Waals surface area (Å²) in [4.78, 5) is 2.29. The van der Waals surface area contributed by atoms with E-state index in [4.69, 9.17) is 0 Å². The molecule has 26 heavy (non-hydrogen) atoms. The second kappa shape index (κ2) is 6.52. The van der Waals surface area contributed by atoms with Gasteiger partial charge in [-0.1, -0.05) is 30.3 Å². The average molecular weight is 357 g/mol. The fourth-order valence-corrected chi connectivity index (χ4v) is 3.31. The molecule has 3 aromatic rings. The highest BCUT2D eigenvalue weighted by Crippen LogP contribution is 2.34. The van der Waals surface area contributed by atoms with Crippen molar-refractivity contribution in [1.29, 1.82) is 0 Å². The SMILES string of the molecule is FC(F)(F)c1cc(-c2ccc(N3CCCC3)cc2)n(-c2ccccc2)n1. The number of hydrogen-bond acceptors (Lipinski definition) is 2. The van der Waals surface area contributed by atoms with E-state index < -0.39 is 11.9 Å². The van der Waals surface area contributed by atoms with E-state index in [0.29, 0.717) is 16.9 Å². The van der Waals surface area contributed by atoms with Crippen LogP contribution in [0.25, 0.3) is 16.9 Å². The Morgan fingerprint density at radius 2 is 1.46 bits per heavy atom. The molecule has 0 amide bonds. The van der Waals surface area contributed by atoms with Crippen molar-refractivity contribution in [2.24, 2.45) is 0 Å². The van der Waals surface area contributed by atoms with Gasteiger partial charge in [-0.05, 0) is 43.2 Å². The van der Waals surface area contributed by atoms with E-state index in [1.54, 1.807) is 24.3 Å². The molecule has 1 saturated heterocycles. The number of nitrogens with zero attached hydrogens (tertiary/aromatic N) is 3. The van der Waals surface area contributed by atoms with Gasteiger partial charge in [0.1, 0.15) is 0 Å². The van der Waals surface area contributed by atoms with E-state index in [0.717, 1.165) is 24.8 Å². The zero-order valence-corrected chi connectivity index (χ0v) is 14.1. The van der Waals surface area contributed by atoms with Crippen LogP contribution in [0.2, 0.25) is 0 Å². The Morgan fingerprint density at radius 1 is 0.808 bits per heavy atom. The van der Waals surface area contributed by atoms with Crippen molar-refractivity contribution in [3.63, 3.8) is 0 Å². The summed E-state index contributed by atoms with van der Waals surface area (Å²) >= 11 is 0. The van der Waals surface area contributed by atoms with Crippen molar-refractivity contribution in [3.8, 4) is 16.9 Å². The van der Waals surface area contributed by atoms with Gasteiger partial charge in [0.05, 0.1) is 11.4 Å². The van der Waals surface area contributed by atoms with Gasteiger partial charge in [0.2, 0.25) is 0 Å². The third-order valence-electron chi connectivity index (χ3n) is 4.63. The van der Waals surface area contributed by atoms with Crippen LogP contribution < -0.4 is 4.90 Å². The molecule has 2 aromatic carbocycles. The van der Waals surface area contributed by atoms with E-state index in [-0.39, 0.29) is 0 Å². The maximum absolute atomic E-state index is 13.2. The summed E-state index contributed by atoms with van der Waals surface area (Å²) in [7, 11) is 0. The molecule has 6 heteroatoms. The van der Waals surface area contributed by atoms with Crippen molar-refractivity contribution in [2.75, 3.05) is 18.0 Å². The standard InChI is InChI=1S/C20H18F3N3/c21-20(22,23)19-14-18(26(24-19)17-6-2-1-3-7-17)15-8-10-16(11-9-15)25-12-4-5-13-25/h1-3,6-11,14H,4-5,12-13H2. The van der Waals surface area contributed by atoms with E-state index >= 15 is 0 Å². The van der Waals surface area contributed by atoms with E-state index in [2.05, 4.69) is 10.00 Å². The fourth-order valence-electron chi connectivity index (χ4n) is 3.31. The number of hydrogen-bond donors (Lipinski definition) is 0. The lowest BCUT2D eigenvalue weighted by Gasteiger charge is -2.17. The van der Waals surface area contributed by atoms with Gasteiger partial charge in [0, 0.05) is 24.3 Å². The van der Waals surface area contributed by atoms with Crippen LogP contribution in [0.4, 0.5) is 18.9 Å². The first-order chi connectivity index (χ1) is 12.5. The van der Waals surface area contributed by atoms with Crippen molar-refractivity contribution in [3.05, 3.63) is 66.4 Å². The second-order valence-electron chi connectivity index (χ2n) is 6.40. The number of anilines is 1. The van der Waals surface area contributed by atoms with Crippen molar-refractivity contribution in [2.45, 2.75) is 19.0 Å². The summed E-state index contributed by atoms with van der Waals surface area (Å²) in [6, 6.07) is 17.7. The normalized spacial score (nSPS) is 14.8. The molecule has 1 aliphatic rings. The molecule has 0 aliphatic carbocycles. The molecule has 4 rings (SSSR count). The first-order valence-electron chi connectivity index (χ1n) is 8.60. The van der Waals surface area contributed by atoms with Gasteiger partial charge in [-0.25, -0.2) is 4.68 Å². The average Bonchev–Trinajstić information content (AvgIpc) is 3.32. The quantitative estimate of drug-likeness (QED) is 0.646. The predicted octanol–water partition coefficient (Wildman–Crippen LogP) is 5.16. The van der Waals surface area contributed by atoms with Gasteiger partial charge in [-0.15, -0.1) is 0 Å². The maximum Gasteiger partial charge on any atom is 0.435 e. The smallest absolute Gasteiger partial charge is 0.372 e. The highest BCUT2D eigenvalue weighted by atomic mass is 19.4. The fraction of sp³-hybridized carbons (Fsp3) is 0.250. The third-order valence-corrected chi connectivity index (χ3v) is 4.63. The summed E-state index contributed by atoms with van der Waals surface area (Å²) in [6.07, 6.45) is -2.13. The molecule has 0 radical (unpaired) electrons. The molecule has 3 nitrogen and oxygen atoms in total. The van der Waals surface area contributed by atoms with Gasteiger partial charge in [-0.2, -0.15) is 18.3 Å². The van der Waals surface area contributed by atoms with E-state index in [9.17, 15) is 13.2 Å². The van der Waals surface area contributed by atoms with Crippen LogP contribution in [0.1, 0.15) is 18.5 Å². The Bertz CT molecular complexity index is 877. The molecule has 0 saturated carbocycles. The Hall–Kier alpha value is -2.76. The van der Waals surface area contributed by atoms with Gasteiger partial charge in [-0.3, -0.25) is 0 Å². The van der Waals surface area contributed by atoms with Crippen LogP contribution in [0.15, 0.2) is 60.7 Å². The summed E-state index contributed by atoms with van der Waals surface area (Å²) in [5, 5.41) is 3.81. The molecule has 134 valence electrons. The molecule has 0 unspecified atom stereocenters. The van der Waals surface area contributed by atoms with E-state index in [1.807, 2.05) is 30.3 Å². The Balaban J connectivity index is 1.76. The Kier molecular flexibility index (Phi) is 4.18. The lowest BCUT2D eigenvalue weighted by molar-refractivity contribution is -0.141. The van der Waals surface area contributed by atoms with Crippen LogP contribution in [-0.4, -0.2) is 22.9 Å². The molecule has 1 aromatic heterocycles. The third kappa shape index (κ3) is 3.19. The van der Waals surface area contributed by atoms with Crippen molar-refractivity contribution in [1.82, 2.24) is 9.78 Å². The minimum absolute atomic E-state index is 0.427. The Labute approximate surface area is 149 Å². The van der Waals surface area contributed by atoms with Crippen molar-refractivity contribution < 1.29 is 13.2 Å². The molecule has 0 atom stereocenters. The first-order valence-corrected chi connectivity index (χ1v) is 8.60. The number of halogens is 3. The zero-order chi connectivity index (χ0) is 18.1. The van der Waals surface area contributed by atoms with Gasteiger partial charge < -0.3 is 4.90 Å². The molecular weight excluding hydrogens is 339 g/mol. The monoisotopic (exact) mass is 357 g/mol. The highest BCUT2D eigenvalue weighted by Gasteiger charge is 2.35. The molecule has 1 fully saturated rings. The molecule has 0 spiro atoms. The summed E-state index contributed by atoms with van der Waals surface area (Å²) in [5.74, 6) is 0.